The molecule has 0 aromatic rings. The maximum absolute atomic E-state index is 10.1. The van der Waals surface area contributed by atoms with E-state index in [-0.39, 0.29) is 0 Å². The molecule has 0 unspecified atom stereocenters. The van der Waals surface area contributed by atoms with E-state index in [4.69, 9.17) is 0 Å². The van der Waals surface area contributed by atoms with Crippen molar-refractivity contribution in [3.8, 4) is 0 Å². The summed E-state index contributed by atoms with van der Waals surface area (Å²) in [6.07, 6.45) is 6.37. The van der Waals surface area contributed by atoms with Crippen molar-refractivity contribution in [3.63, 3.8) is 0 Å². The number of hydrogen-bond donors (Lipinski definition) is 1. The van der Waals surface area contributed by atoms with Crippen LogP contribution in [0.2, 0.25) is 0 Å². The SMILES string of the molecule is C=CNC(=CC=O)C1CC1. The Labute approximate surface area is 60.6 Å². The van der Waals surface area contributed by atoms with Gasteiger partial charge in [0.2, 0.25) is 0 Å². The van der Waals surface area contributed by atoms with Crippen LogP contribution >= 0.6 is 0 Å². The highest BCUT2D eigenvalue weighted by Crippen LogP contribution is 2.34. The number of rotatable bonds is 4. The Bertz CT molecular complexity index is 168. The molecule has 1 aliphatic carbocycles. The van der Waals surface area contributed by atoms with Crippen LogP contribution in [0.1, 0.15) is 12.8 Å². The quantitative estimate of drug-likeness (QED) is 0.466. The monoisotopic (exact) mass is 137 g/mol. The van der Waals surface area contributed by atoms with E-state index in [0.29, 0.717) is 5.92 Å². The lowest BCUT2D eigenvalue weighted by Crippen LogP contribution is -2.05. The molecule has 1 N–H and O–H groups in total. The standard InChI is InChI=1S/C8H11NO/c1-2-9-8(5-6-10)7-3-4-7/h2,5-7,9H,1,3-4H2. The van der Waals surface area contributed by atoms with E-state index < -0.39 is 0 Å². The first-order valence-electron chi connectivity index (χ1n) is 3.41. The number of carbonyl (C=O) groups excluding carboxylic acids is 1. The molecule has 0 saturated heterocycles. The van der Waals surface area contributed by atoms with E-state index in [1.54, 1.807) is 12.3 Å². The first-order valence-corrected chi connectivity index (χ1v) is 3.41. The van der Waals surface area contributed by atoms with E-state index >= 15 is 0 Å². The van der Waals surface area contributed by atoms with E-state index in [9.17, 15) is 4.79 Å². The van der Waals surface area contributed by atoms with Crippen LogP contribution in [-0.2, 0) is 4.79 Å². The fourth-order valence-electron chi connectivity index (χ4n) is 0.888. The lowest BCUT2D eigenvalue weighted by Gasteiger charge is -2.01. The van der Waals surface area contributed by atoms with Crippen LogP contribution in [0.3, 0.4) is 0 Å². The molecule has 0 atom stereocenters. The van der Waals surface area contributed by atoms with Crippen molar-refractivity contribution in [2.24, 2.45) is 5.92 Å². The topological polar surface area (TPSA) is 29.1 Å². The number of hydrogen-bond acceptors (Lipinski definition) is 2. The van der Waals surface area contributed by atoms with Gasteiger partial charge in [0.25, 0.3) is 0 Å². The van der Waals surface area contributed by atoms with E-state index in [1.807, 2.05) is 0 Å². The van der Waals surface area contributed by atoms with Crippen molar-refractivity contribution in [3.05, 3.63) is 24.6 Å². The van der Waals surface area contributed by atoms with Crippen molar-refractivity contribution in [2.75, 3.05) is 0 Å². The van der Waals surface area contributed by atoms with Gasteiger partial charge in [-0.2, -0.15) is 0 Å². The number of allylic oxidation sites excluding steroid dienone is 2. The van der Waals surface area contributed by atoms with Crippen molar-refractivity contribution < 1.29 is 4.79 Å². The molecule has 1 rings (SSSR count). The Kier molecular flexibility index (Phi) is 2.26. The molecule has 0 aliphatic heterocycles. The van der Waals surface area contributed by atoms with Gasteiger partial charge in [-0.15, -0.1) is 0 Å². The van der Waals surface area contributed by atoms with Gasteiger partial charge in [0.15, 0.2) is 0 Å². The van der Waals surface area contributed by atoms with E-state index in [0.717, 1.165) is 12.0 Å². The summed E-state index contributed by atoms with van der Waals surface area (Å²) >= 11 is 0. The van der Waals surface area contributed by atoms with Gasteiger partial charge in [-0.1, -0.05) is 6.58 Å². The Hall–Kier alpha value is -1.05. The molecule has 0 bridgehead atoms. The summed E-state index contributed by atoms with van der Waals surface area (Å²) in [7, 11) is 0. The Morgan fingerprint density at radius 1 is 1.60 bits per heavy atom. The smallest absolute Gasteiger partial charge is 0.144 e. The highest BCUT2D eigenvalue weighted by Gasteiger charge is 2.24. The van der Waals surface area contributed by atoms with E-state index in [2.05, 4.69) is 11.9 Å². The molecule has 10 heavy (non-hydrogen) atoms. The molecule has 1 aliphatic rings. The zero-order valence-corrected chi connectivity index (χ0v) is 5.84. The Balaban J connectivity index is 2.48. The lowest BCUT2D eigenvalue weighted by atomic mass is 10.3. The fourth-order valence-corrected chi connectivity index (χ4v) is 0.888. The van der Waals surface area contributed by atoms with Crippen molar-refractivity contribution in [1.82, 2.24) is 5.32 Å². The van der Waals surface area contributed by atoms with Gasteiger partial charge in [0, 0.05) is 5.70 Å². The van der Waals surface area contributed by atoms with Crippen LogP contribution in [0.25, 0.3) is 0 Å². The molecule has 0 spiro atoms. The second kappa shape index (κ2) is 3.20. The summed E-state index contributed by atoms with van der Waals surface area (Å²) in [5.74, 6) is 0.586. The maximum Gasteiger partial charge on any atom is 0.144 e. The number of carbonyl (C=O) groups is 1. The molecule has 0 heterocycles. The molecule has 0 radical (unpaired) electrons. The van der Waals surface area contributed by atoms with Gasteiger partial charge < -0.3 is 5.32 Å². The molecule has 0 amide bonds. The third-order valence-electron chi connectivity index (χ3n) is 1.53. The summed E-state index contributed by atoms with van der Waals surface area (Å²) in [4.78, 5) is 10.1. The zero-order valence-electron chi connectivity index (χ0n) is 5.84. The van der Waals surface area contributed by atoms with Gasteiger partial charge in [0.1, 0.15) is 6.29 Å². The minimum absolute atomic E-state index is 0.586. The van der Waals surface area contributed by atoms with Gasteiger partial charge in [0.05, 0.1) is 0 Å². The van der Waals surface area contributed by atoms with Crippen LogP contribution in [0.5, 0.6) is 0 Å². The van der Waals surface area contributed by atoms with Crippen LogP contribution in [0.4, 0.5) is 0 Å². The number of aldehydes is 1. The Morgan fingerprint density at radius 3 is 2.70 bits per heavy atom. The molecule has 2 nitrogen and oxygen atoms in total. The first kappa shape index (κ1) is 7.06. The minimum Gasteiger partial charge on any atom is -0.365 e. The third-order valence-corrected chi connectivity index (χ3v) is 1.53. The molecule has 1 fully saturated rings. The normalized spacial score (nSPS) is 18.2. The fraction of sp³-hybridized carbons (Fsp3) is 0.375. The van der Waals surface area contributed by atoms with Crippen LogP contribution in [-0.4, -0.2) is 6.29 Å². The zero-order chi connectivity index (χ0) is 7.40. The summed E-state index contributed by atoms with van der Waals surface area (Å²) in [6, 6.07) is 0. The summed E-state index contributed by atoms with van der Waals surface area (Å²) in [5, 5.41) is 2.94. The molecule has 2 heteroatoms. The van der Waals surface area contributed by atoms with Crippen LogP contribution in [0, 0.1) is 5.92 Å². The van der Waals surface area contributed by atoms with Crippen molar-refractivity contribution in [1.29, 1.82) is 0 Å². The molecular weight excluding hydrogens is 126 g/mol. The molecule has 0 aromatic carbocycles. The molecule has 54 valence electrons. The second-order valence-electron chi connectivity index (χ2n) is 2.38. The molecular formula is C8H11NO. The lowest BCUT2D eigenvalue weighted by molar-refractivity contribution is -0.104. The highest BCUT2D eigenvalue weighted by molar-refractivity contribution is 5.66. The van der Waals surface area contributed by atoms with Gasteiger partial charge in [-0.05, 0) is 31.0 Å². The second-order valence-corrected chi connectivity index (χ2v) is 2.38. The largest absolute Gasteiger partial charge is 0.365 e. The predicted molar refractivity (Wildman–Crippen MR) is 40.2 cm³/mol. The Morgan fingerprint density at radius 2 is 2.30 bits per heavy atom. The first-order chi connectivity index (χ1) is 4.88. The summed E-state index contributed by atoms with van der Waals surface area (Å²) < 4.78 is 0. The van der Waals surface area contributed by atoms with Gasteiger partial charge in [-0.25, -0.2) is 0 Å². The highest BCUT2D eigenvalue weighted by atomic mass is 16.1. The minimum atomic E-state index is 0.586. The van der Waals surface area contributed by atoms with E-state index in [1.165, 1.54) is 12.8 Å². The summed E-state index contributed by atoms with van der Waals surface area (Å²) in [6.45, 7) is 3.53. The average Bonchev–Trinajstić information content (AvgIpc) is 2.69. The number of nitrogens with one attached hydrogen (secondary N) is 1. The van der Waals surface area contributed by atoms with Crippen molar-refractivity contribution in [2.45, 2.75) is 12.8 Å². The third kappa shape index (κ3) is 1.72. The van der Waals surface area contributed by atoms with Gasteiger partial charge in [-0.3, -0.25) is 4.79 Å². The summed E-state index contributed by atoms with van der Waals surface area (Å²) in [5.41, 5.74) is 1.00. The molecule has 0 aromatic heterocycles. The average molecular weight is 137 g/mol. The van der Waals surface area contributed by atoms with Gasteiger partial charge >= 0.3 is 0 Å². The molecule has 1 saturated carbocycles. The maximum atomic E-state index is 10.1. The van der Waals surface area contributed by atoms with Crippen LogP contribution < -0.4 is 5.32 Å². The van der Waals surface area contributed by atoms with Crippen molar-refractivity contribution >= 4 is 6.29 Å². The van der Waals surface area contributed by atoms with Crippen LogP contribution in [0.15, 0.2) is 24.6 Å². The predicted octanol–water partition coefficient (Wildman–Crippen LogP) is 1.21.